The third-order valence-electron chi connectivity index (χ3n) is 5.16. The molecular weight excluding hydrogens is 374 g/mol. The van der Waals surface area contributed by atoms with Gasteiger partial charge in [0.25, 0.3) is 0 Å². The average Bonchev–Trinajstić information content (AvgIpc) is 3.11. The summed E-state index contributed by atoms with van der Waals surface area (Å²) < 4.78 is 7.94. The highest BCUT2D eigenvalue weighted by atomic mass is 16.5. The maximum absolute atomic E-state index is 12.9. The highest BCUT2D eigenvalue weighted by Crippen LogP contribution is 2.21. The van der Waals surface area contributed by atoms with Crippen LogP contribution in [-0.2, 0) is 24.4 Å². The monoisotopic (exact) mass is 399 g/mol. The molecule has 1 aromatic heterocycles. The number of imidazole rings is 1. The van der Waals surface area contributed by atoms with Gasteiger partial charge in [-0.05, 0) is 48.7 Å². The van der Waals surface area contributed by atoms with Crippen LogP contribution in [0.2, 0.25) is 0 Å². The highest BCUT2D eigenvalue weighted by molar-refractivity contribution is 5.92. The third kappa shape index (κ3) is 4.20. The Morgan fingerprint density at radius 1 is 1.00 bits per heavy atom. The van der Waals surface area contributed by atoms with Gasteiger partial charge < -0.3 is 14.6 Å². The number of aromatic nitrogens is 2. The molecule has 4 aromatic rings. The van der Waals surface area contributed by atoms with Gasteiger partial charge in [0.05, 0.1) is 11.0 Å². The predicted molar refractivity (Wildman–Crippen MR) is 120 cm³/mol. The van der Waals surface area contributed by atoms with Crippen molar-refractivity contribution < 1.29 is 9.53 Å². The van der Waals surface area contributed by atoms with E-state index >= 15 is 0 Å². The van der Waals surface area contributed by atoms with Crippen LogP contribution < -0.4 is 10.1 Å². The smallest absolute Gasteiger partial charge is 0.244 e. The van der Waals surface area contributed by atoms with Crippen LogP contribution in [0.15, 0.2) is 72.8 Å². The number of carbonyl (C=O) groups is 1. The van der Waals surface area contributed by atoms with Gasteiger partial charge in [0.2, 0.25) is 5.91 Å². The first-order valence-corrected chi connectivity index (χ1v) is 10.2. The van der Waals surface area contributed by atoms with Crippen molar-refractivity contribution in [1.82, 2.24) is 9.55 Å². The van der Waals surface area contributed by atoms with E-state index in [4.69, 9.17) is 9.72 Å². The minimum Gasteiger partial charge on any atom is -0.485 e. The molecule has 3 aromatic carbocycles. The number of hydrogen-bond donors (Lipinski definition) is 1. The molecule has 30 heavy (non-hydrogen) atoms. The molecule has 0 aliphatic rings. The number of benzene rings is 3. The molecule has 0 unspecified atom stereocenters. The van der Waals surface area contributed by atoms with Gasteiger partial charge in [0, 0.05) is 5.69 Å². The van der Waals surface area contributed by atoms with Gasteiger partial charge in [-0.3, -0.25) is 4.79 Å². The van der Waals surface area contributed by atoms with E-state index in [-0.39, 0.29) is 12.5 Å². The van der Waals surface area contributed by atoms with Gasteiger partial charge >= 0.3 is 0 Å². The van der Waals surface area contributed by atoms with Gasteiger partial charge in [-0.1, -0.05) is 55.5 Å². The lowest BCUT2D eigenvalue weighted by Gasteiger charge is -2.13. The number of anilines is 1. The van der Waals surface area contributed by atoms with Crippen molar-refractivity contribution in [3.8, 4) is 5.75 Å². The first kappa shape index (κ1) is 19.7. The number of aryl methyl sites for hydroxylation is 2. The summed E-state index contributed by atoms with van der Waals surface area (Å²) in [5, 5.41) is 3.05. The fourth-order valence-corrected chi connectivity index (χ4v) is 3.56. The number of carbonyl (C=O) groups excluding carboxylic acids is 1. The molecule has 152 valence electrons. The fraction of sp³-hybridized carbons (Fsp3) is 0.200. The SMILES string of the molecule is CCc1ccccc1NC(=O)Cn1c(COc2ccccc2C)nc2ccccc21. The quantitative estimate of drug-likeness (QED) is 0.469. The van der Waals surface area contributed by atoms with E-state index < -0.39 is 0 Å². The summed E-state index contributed by atoms with van der Waals surface area (Å²) in [4.78, 5) is 17.6. The van der Waals surface area contributed by atoms with E-state index in [0.29, 0.717) is 6.61 Å². The molecule has 0 aliphatic heterocycles. The van der Waals surface area contributed by atoms with E-state index in [1.807, 2.05) is 84.3 Å². The molecule has 0 spiro atoms. The van der Waals surface area contributed by atoms with Crippen LogP contribution in [0.4, 0.5) is 5.69 Å². The normalized spacial score (nSPS) is 10.9. The summed E-state index contributed by atoms with van der Waals surface area (Å²) >= 11 is 0. The van der Waals surface area contributed by atoms with Gasteiger partial charge in [-0.15, -0.1) is 0 Å². The molecule has 5 nitrogen and oxygen atoms in total. The van der Waals surface area contributed by atoms with Gasteiger partial charge in [-0.2, -0.15) is 0 Å². The molecule has 1 heterocycles. The Labute approximate surface area is 176 Å². The van der Waals surface area contributed by atoms with E-state index in [0.717, 1.165) is 45.8 Å². The first-order chi connectivity index (χ1) is 14.7. The van der Waals surface area contributed by atoms with E-state index in [1.165, 1.54) is 0 Å². The van der Waals surface area contributed by atoms with E-state index in [1.54, 1.807) is 0 Å². The zero-order valence-corrected chi connectivity index (χ0v) is 17.3. The van der Waals surface area contributed by atoms with Crippen LogP contribution in [-0.4, -0.2) is 15.5 Å². The Kier molecular flexibility index (Phi) is 5.80. The number of fused-ring (bicyclic) bond motifs is 1. The van der Waals surface area contributed by atoms with Crippen LogP contribution in [0, 0.1) is 6.92 Å². The fourth-order valence-electron chi connectivity index (χ4n) is 3.56. The predicted octanol–water partition coefficient (Wildman–Crippen LogP) is 5.12. The lowest BCUT2D eigenvalue weighted by molar-refractivity contribution is -0.116. The summed E-state index contributed by atoms with van der Waals surface area (Å²) in [5.74, 6) is 1.45. The van der Waals surface area contributed by atoms with E-state index in [9.17, 15) is 4.79 Å². The third-order valence-corrected chi connectivity index (χ3v) is 5.16. The van der Waals surface area contributed by atoms with Crippen molar-refractivity contribution in [3.05, 3.63) is 89.7 Å². The second kappa shape index (κ2) is 8.82. The van der Waals surface area contributed by atoms with Crippen molar-refractivity contribution in [3.63, 3.8) is 0 Å². The number of hydrogen-bond acceptors (Lipinski definition) is 3. The molecule has 0 saturated heterocycles. The number of rotatable bonds is 7. The van der Waals surface area contributed by atoms with Crippen molar-refractivity contribution >= 4 is 22.6 Å². The van der Waals surface area contributed by atoms with Crippen molar-refractivity contribution in [2.75, 3.05) is 5.32 Å². The Morgan fingerprint density at radius 2 is 1.73 bits per heavy atom. The molecule has 0 fully saturated rings. The van der Waals surface area contributed by atoms with Crippen molar-refractivity contribution in [2.45, 2.75) is 33.4 Å². The lowest BCUT2D eigenvalue weighted by Crippen LogP contribution is -2.21. The zero-order chi connectivity index (χ0) is 20.9. The molecule has 0 radical (unpaired) electrons. The summed E-state index contributed by atoms with van der Waals surface area (Å²) in [5.41, 5.74) is 4.80. The molecule has 5 heteroatoms. The second-order valence-corrected chi connectivity index (χ2v) is 7.22. The van der Waals surface area contributed by atoms with Crippen molar-refractivity contribution in [2.24, 2.45) is 0 Å². The maximum Gasteiger partial charge on any atom is 0.244 e. The largest absolute Gasteiger partial charge is 0.485 e. The highest BCUT2D eigenvalue weighted by Gasteiger charge is 2.15. The summed E-state index contributed by atoms with van der Waals surface area (Å²) in [6.45, 7) is 4.55. The Morgan fingerprint density at radius 3 is 2.57 bits per heavy atom. The minimum absolute atomic E-state index is 0.0869. The lowest BCUT2D eigenvalue weighted by atomic mass is 10.1. The second-order valence-electron chi connectivity index (χ2n) is 7.22. The number of ether oxygens (including phenoxy) is 1. The topological polar surface area (TPSA) is 56.2 Å². The molecule has 0 saturated carbocycles. The average molecular weight is 399 g/mol. The summed E-state index contributed by atoms with van der Waals surface area (Å²) in [7, 11) is 0. The van der Waals surface area contributed by atoms with Crippen LogP contribution >= 0.6 is 0 Å². The molecule has 0 bridgehead atoms. The minimum atomic E-state index is -0.0869. The van der Waals surface area contributed by atoms with Gasteiger partial charge in [0.1, 0.15) is 24.7 Å². The number of para-hydroxylation sites is 4. The number of nitrogens with zero attached hydrogens (tertiary/aromatic N) is 2. The maximum atomic E-state index is 12.9. The van der Waals surface area contributed by atoms with Crippen LogP contribution in [0.3, 0.4) is 0 Å². The number of amides is 1. The standard InChI is InChI=1S/C25H25N3O2/c1-3-19-11-5-6-12-20(19)27-25(29)16-28-22-14-8-7-13-21(22)26-24(28)17-30-23-15-9-4-10-18(23)2/h4-15H,3,16-17H2,1-2H3,(H,27,29). The molecule has 4 rings (SSSR count). The molecule has 0 atom stereocenters. The van der Waals surface area contributed by atoms with Gasteiger partial charge in [0.15, 0.2) is 0 Å². The molecule has 0 aliphatic carbocycles. The van der Waals surface area contributed by atoms with Crippen molar-refractivity contribution in [1.29, 1.82) is 0 Å². The number of nitrogens with one attached hydrogen (secondary N) is 1. The summed E-state index contributed by atoms with van der Waals surface area (Å²) in [6, 6.07) is 23.6. The van der Waals surface area contributed by atoms with Crippen LogP contribution in [0.25, 0.3) is 11.0 Å². The summed E-state index contributed by atoms with van der Waals surface area (Å²) in [6.07, 6.45) is 0.861. The van der Waals surface area contributed by atoms with Crippen LogP contribution in [0.5, 0.6) is 5.75 Å². The molecule has 1 N–H and O–H groups in total. The molecule has 1 amide bonds. The van der Waals surface area contributed by atoms with Gasteiger partial charge in [-0.25, -0.2) is 4.98 Å². The Balaban J connectivity index is 1.58. The van der Waals surface area contributed by atoms with E-state index in [2.05, 4.69) is 12.2 Å². The first-order valence-electron chi connectivity index (χ1n) is 10.2. The zero-order valence-electron chi connectivity index (χ0n) is 17.3. The Bertz CT molecular complexity index is 1180. The molecular formula is C25H25N3O2. The Hall–Kier alpha value is -3.60. The van der Waals surface area contributed by atoms with Crippen LogP contribution in [0.1, 0.15) is 23.9 Å².